The van der Waals surface area contributed by atoms with E-state index in [4.69, 9.17) is 4.74 Å². The van der Waals surface area contributed by atoms with E-state index in [9.17, 15) is 9.59 Å². The highest BCUT2D eigenvalue weighted by molar-refractivity contribution is 5.96. The van der Waals surface area contributed by atoms with Gasteiger partial charge in [-0.3, -0.25) is 9.59 Å². The summed E-state index contributed by atoms with van der Waals surface area (Å²) < 4.78 is 5.75. The normalized spacial score (nSPS) is 10.4. The van der Waals surface area contributed by atoms with E-state index in [0.717, 1.165) is 17.2 Å². The van der Waals surface area contributed by atoms with Gasteiger partial charge in [0.2, 0.25) is 11.8 Å². The van der Waals surface area contributed by atoms with Crippen LogP contribution in [-0.2, 0) is 9.59 Å². The van der Waals surface area contributed by atoms with Crippen molar-refractivity contribution >= 4 is 28.9 Å². The van der Waals surface area contributed by atoms with Gasteiger partial charge in [0.25, 0.3) is 0 Å². The lowest BCUT2D eigenvalue weighted by molar-refractivity contribution is -0.119. The highest BCUT2D eigenvalue weighted by Crippen LogP contribution is 2.22. The number of rotatable bonds is 8. The predicted molar refractivity (Wildman–Crippen MR) is 120 cm³/mol. The van der Waals surface area contributed by atoms with Crippen molar-refractivity contribution in [2.75, 3.05) is 22.5 Å². The molecule has 3 rings (SSSR count). The van der Waals surface area contributed by atoms with Crippen molar-refractivity contribution in [2.24, 2.45) is 5.92 Å². The zero-order valence-electron chi connectivity index (χ0n) is 17.0. The highest BCUT2D eigenvalue weighted by atomic mass is 16.5. The Morgan fingerprint density at radius 1 is 0.767 bits per heavy atom. The average Bonchev–Trinajstić information content (AvgIpc) is 2.74. The van der Waals surface area contributed by atoms with Gasteiger partial charge < -0.3 is 20.7 Å². The van der Waals surface area contributed by atoms with E-state index < -0.39 is 0 Å². The molecule has 0 spiro atoms. The zero-order valence-corrected chi connectivity index (χ0v) is 17.0. The molecular formula is C24H25N3O3. The first-order valence-electron chi connectivity index (χ1n) is 9.77. The number of benzene rings is 3. The Kier molecular flexibility index (Phi) is 7.05. The molecule has 3 aromatic rings. The molecule has 0 saturated carbocycles. The quantitative estimate of drug-likeness (QED) is 0.487. The van der Waals surface area contributed by atoms with Gasteiger partial charge in [-0.1, -0.05) is 38.1 Å². The molecule has 0 bridgehead atoms. The molecule has 0 unspecified atom stereocenters. The maximum absolute atomic E-state index is 12.2. The minimum absolute atomic E-state index is 0.0696. The molecule has 0 aliphatic heterocycles. The molecule has 2 amide bonds. The zero-order chi connectivity index (χ0) is 21.3. The lowest BCUT2D eigenvalue weighted by Crippen LogP contribution is -2.22. The Labute approximate surface area is 176 Å². The summed E-state index contributed by atoms with van der Waals surface area (Å²) in [6.45, 7) is 3.77. The summed E-state index contributed by atoms with van der Waals surface area (Å²) in [7, 11) is 0. The van der Waals surface area contributed by atoms with E-state index in [1.165, 1.54) is 0 Å². The summed E-state index contributed by atoms with van der Waals surface area (Å²) in [5, 5.41) is 8.72. The van der Waals surface area contributed by atoms with Crippen LogP contribution in [0.1, 0.15) is 13.8 Å². The van der Waals surface area contributed by atoms with Crippen molar-refractivity contribution in [2.45, 2.75) is 13.8 Å². The van der Waals surface area contributed by atoms with Gasteiger partial charge >= 0.3 is 0 Å². The average molecular weight is 403 g/mol. The molecule has 0 saturated heterocycles. The van der Waals surface area contributed by atoms with Crippen LogP contribution in [-0.4, -0.2) is 18.4 Å². The van der Waals surface area contributed by atoms with E-state index in [2.05, 4.69) is 16.0 Å². The number of carbonyl (C=O) groups excluding carboxylic acids is 2. The van der Waals surface area contributed by atoms with E-state index in [0.29, 0.717) is 11.4 Å². The SMILES string of the molecule is CC(C)C(=O)Nc1cccc(NC(=O)CNc2ccc(Oc3ccccc3)cc2)c1. The molecule has 3 N–H and O–H groups in total. The predicted octanol–water partition coefficient (Wildman–Crippen LogP) is 5.12. The molecule has 0 fully saturated rings. The molecule has 0 aromatic heterocycles. The van der Waals surface area contributed by atoms with Crippen LogP contribution < -0.4 is 20.7 Å². The topological polar surface area (TPSA) is 79.5 Å². The number of ether oxygens (including phenoxy) is 1. The van der Waals surface area contributed by atoms with Gasteiger partial charge in [0.1, 0.15) is 11.5 Å². The molecule has 6 nitrogen and oxygen atoms in total. The third-order valence-corrected chi connectivity index (χ3v) is 4.22. The smallest absolute Gasteiger partial charge is 0.243 e. The molecule has 0 atom stereocenters. The summed E-state index contributed by atoms with van der Waals surface area (Å²) in [6, 6.07) is 24.0. The fourth-order valence-electron chi connectivity index (χ4n) is 2.61. The van der Waals surface area contributed by atoms with E-state index in [1.54, 1.807) is 24.3 Å². The lowest BCUT2D eigenvalue weighted by Gasteiger charge is -2.11. The summed E-state index contributed by atoms with van der Waals surface area (Å²) in [5.74, 6) is 1.12. The number of para-hydroxylation sites is 1. The van der Waals surface area contributed by atoms with E-state index >= 15 is 0 Å². The molecular weight excluding hydrogens is 378 g/mol. The largest absolute Gasteiger partial charge is 0.457 e. The van der Waals surface area contributed by atoms with Gasteiger partial charge in [-0.25, -0.2) is 0 Å². The number of carbonyl (C=O) groups is 2. The van der Waals surface area contributed by atoms with E-state index in [-0.39, 0.29) is 24.3 Å². The van der Waals surface area contributed by atoms with Crippen LogP contribution in [0, 0.1) is 5.92 Å². The number of anilines is 3. The molecule has 0 aliphatic rings. The van der Waals surface area contributed by atoms with Crippen LogP contribution in [0.15, 0.2) is 78.9 Å². The van der Waals surface area contributed by atoms with Crippen LogP contribution in [0.25, 0.3) is 0 Å². The molecule has 3 aromatic carbocycles. The molecule has 154 valence electrons. The second kappa shape index (κ2) is 10.1. The first-order valence-corrected chi connectivity index (χ1v) is 9.77. The lowest BCUT2D eigenvalue weighted by atomic mass is 10.2. The van der Waals surface area contributed by atoms with Crippen LogP contribution >= 0.6 is 0 Å². The van der Waals surface area contributed by atoms with Gasteiger partial charge in [-0.2, -0.15) is 0 Å². The number of hydrogen-bond donors (Lipinski definition) is 3. The third kappa shape index (κ3) is 6.38. The molecule has 0 heterocycles. The Morgan fingerprint density at radius 3 is 2.07 bits per heavy atom. The van der Waals surface area contributed by atoms with Crippen molar-refractivity contribution in [1.29, 1.82) is 0 Å². The van der Waals surface area contributed by atoms with Gasteiger partial charge in [0.05, 0.1) is 6.54 Å². The molecule has 30 heavy (non-hydrogen) atoms. The molecule has 6 heteroatoms. The second-order valence-corrected chi connectivity index (χ2v) is 7.07. The van der Waals surface area contributed by atoms with Crippen LogP contribution in [0.5, 0.6) is 11.5 Å². The maximum Gasteiger partial charge on any atom is 0.243 e. The first kappa shape index (κ1) is 20.9. The van der Waals surface area contributed by atoms with Crippen molar-refractivity contribution < 1.29 is 14.3 Å². The van der Waals surface area contributed by atoms with Crippen LogP contribution in [0.3, 0.4) is 0 Å². The Balaban J connectivity index is 1.49. The second-order valence-electron chi connectivity index (χ2n) is 7.07. The van der Waals surface area contributed by atoms with Crippen molar-refractivity contribution in [3.8, 4) is 11.5 Å². The fraction of sp³-hybridized carbons (Fsp3) is 0.167. The third-order valence-electron chi connectivity index (χ3n) is 4.22. The van der Waals surface area contributed by atoms with Crippen LogP contribution in [0.4, 0.5) is 17.1 Å². The maximum atomic E-state index is 12.2. The first-order chi connectivity index (χ1) is 14.5. The Hall–Kier alpha value is -3.80. The Morgan fingerprint density at radius 2 is 1.40 bits per heavy atom. The van der Waals surface area contributed by atoms with Gasteiger partial charge in [0.15, 0.2) is 0 Å². The minimum Gasteiger partial charge on any atom is -0.457 e. The van der Waals surface area contributed by atoms with Crippen LogP contribution in [0.2, 0.25) is 0 Å². The van der Waals surface area contributed by atoms with Crippen molar-refractivity contribution in [1.82, 2.24) is 0 Å². The molecule has 0 radical (unpaired) electrons. The number of nitrogens with one attached hydrogen (secondary N) is 3. The van der Waals surface area contributed by atoms with Crippen molar-refractivity contribution in [3.05, 3.63) is 78.9 Å². The summed E-state index contributed by atoms with van der Waals surface area (Å²) in [5.41, 5.74) is 2.08. The fourth-order valence-corrected chi connectivity index (χ4v) is 2.61. The number of hydrogen-bond acceptors (Lipinski definition) is 4. The van der Waals surface area contributed by atoms with Crippen molar-refractivity contribution in [3.63, 3.8) is 0 Å². The van der Waals surface area contributed by atoms with Gasteiger partial charge in [-0.15, -0.1) is 0 Å². The summed E-state index contributed by atoms with van der Waals surface area (Å²) in [4.78, 5) is 24.1. The minimum atomic E-state index is -0.188. The molecule has 0 aliphatic carbocycles. The monoisotopic (exact) mass is 403 g/mol. The summed E-state index contributed by atoms with van der Waals surface area (Å²) >= 11 is 0. The summed E-state index contributed by atoms with van der Waals surface area (Å²) in [6.07, 6.45) is 0. The number of amides is 2. The van der Waals surface area contributed by atoms with E-state index in [1.807, 2.05) is 68.4 Å². The van der Waals surface area contributed by atoms with Gasteiger partial charge in [-0.05, 0) is 54.6 Å². The Bertz CT molecular complexity index is 986. The standard InChI is InChI=1S/C24H25N3O3/c1-17(2)24(29)27-20-8-6-7-19(15-20)26-23(28)16-25-18-11-13-22(14-12-18)30-21-9-4-3-5-10-21/h3-15,17,25H,16H2,1-2H3,(H,26,28)(H,27,29). The highest BCUT2D eigenvalue weighted by Gasteiger charge is 2.08. The van der Waals surface area contributed by atoms with Gasteiger partial charge in [0, 0.05) is 23.0 Å².